The number of carbonyl (C=O) groups excluding carboxylic acids is 2. The summed E-state index contributed by atoms with van der Waals surface area (Å²) in [5.74, 6) is -1.09. The normalized spacial score (nSPS) is 25.6. The van der Waals surface area contributed by atoms with Crippen LogP contribution in [0.1, 0.15) is 64.7 Å². The molecule has 0 radical (unpaired) electrons. The minimum absolute atomic E-state index is 0.0766. The number of hydrogen-bond acceptors (Lipinski definition) is 5. The van der Waals surface area contributed by atoms with Gasteiger partial charge in [-0.1, -0.05) is 19.3 Å². The third kappa shape index (κ3) is 6.55. The van der Waals surface area contributed by atoms with Crippen molar-refractivity contribution in [3.8, 4) is 0 Å². The van der Waals surface area contributed by atoms with E-state index in [1.165, 1.54) is 0 Å². The zero-order valence-electron chi connectivity index (χ0n) is 14.9. The Kier molecular flexibility index (Phi) is 7.52. The van der Waals surface area contributed by atoms with Crippen LogP contribution in [0.2, 0.25) is 0 Å². The largest absolute Gasteiger partial charge is 0.481 e. The fraction of sp³-hybridized carbons (Fsp3) is 0.833. The average Bonchev–Trinajstić information content (AvgIpc) is 2.61. The van der Waals surface area contributed by atoms with Crippen LogP contribution in [0.4, 0.5) is 4.79 Å². The maximum atomic E-state index is 12.0. The first-order chi connectivity index (χ1) is 12.0. The Morgan fingerprint density at radius 3 is 2.20 bits per heavy atom. The number of ether oxygens (including phenoxy) is 2. The molecule has 0 aromatic rings. The molecule has 25 heavy (non-hydrogen) atoms. The summed E-state index contributed by atoms with van der Waals surface area (Å²) in [6.07, 6.45) is 6.27. The molecule has 0 aliphatic heterocycles. The molecule has 1 unspecified atom stereocenters. The number of hydrogen-bond donors (Lipinski definition) is 2. The van der Waals surface area contributed by atoms with Crippen molar-refractivity contribution in [2.24, 2.45) is 17.8 Å². The van der Waals surface area contributed by atoms with Crippen molar-refractivity contribution in [1.29, 1.82) is 0 Å². The van der Waals surface area contributed by atoms with E-state index >= 15 is 0 Å². The summed E-state index contributed by atoms with van der Waals surface area (Å²) in [6, 6.07) is 0. The van der Waals surface area contributed by atoms with E-state index in [1.807, 2.05) is 0 Å². The number of carboxylic acids is 1. The maximum Gasteiger partial charge on any atom is 0.410 e. The number of rotatable bonds is 6. The van der Waals surface area contributed by atoms with Crippen LogP contribution in [0.5, 0.6) is 0 Å². The molecule has 0 saturated heterocycles. The molecule has 2 aliphatic rings. The highest BCUT2D eigenvalue weighted by Crippen LogP contribution is 2.28. The lowest BCUT2D eigenvalue weighted by Gasteiger charge is -2.26. The fourth-order valence-electron chi connectivity index (χ4n) is 3.66. The summed E-state index contributed by atoms with van der Waals surface area (Å²) in [6.45, 7) is 1.99. The van der Waals surface area contributed by atoms with Crippen LogP contribution in [0.15, 0.2) is 0 Å². The molecule has 0 heterocycles. The van der Waals surface area contributed by atoms with Crippen molar-refractivity contribution in [1.82, 2.24) is 5.32 Å². The molecule has 142 valence electrons. The Balaban J connectivity index is 1.61. The Bertz CT molecular complexity index is 466. The number of alkyl carbamates (subject to hydrolysis) is 1. The van der Waals surface area contributed by atoms with Crippen LogP contribution >= 0.6 is 0 Å². The van der Waals surface area contributed by atoms with Gasteiger partial charge >= 0.3 is 18.0 Å². The van der Waals surface area contributed by atoms with Crippen LogP contribution in [-0.2, 0) is 19.1 Å². The molecule has 0 aromatic carbocycles. The number of carbonyl (C=O) groups is 3. The van der Waals surface area contributed by atoms with Gasteiger partial charge in [0, 0.05) is 13.5 Å². The first kappa shape index (κ1) is 19.5. The van der Waals surface area contributed by atoms with Crippen molar-refractivity contribution < 1.29 is 29.0 Å². The van der Waals surface area contributed by atoms with E-state index in [2.05, 4.69) is 5.32 Å². The van der Waals surface area contributed by atoms with E-state index in [1.54, 1.807) is 6.92 Å². The summed E-state index contributed by atoms with van der Waals surface area (Å²) in [4.78, 5) is 34.7. The van der Waals surface area contributed by atoms with Crippen LogP contribution in [0.3, 0.4) is 0 Å². The zero-order valence-corrected chi connectivity index (χ0v) is 14.9. The average molecular weight is 355 g/mol. The Morgan fingerprint density at radius 1 is 0.960 bits per heavy atom. The number of aliphatic carboxylic acids is 1. The highest BCUT2D eigenvalue weighted by atomic mass is 16.7. The summed E-state index contributed by atoms with van der Waals surface area (Å²) in [5.41, 5.74) is 0. The van der Waals surface area contributed by atoms with Crippen molar-refractivity contribution in [3.63, 3.8) is 0 Å². The van der Waals surface area contributed by atoms with Gasteiger partial charge < -0.3 is 19.9 Å². The predicted octanol–water partition coefficient (Wildman–Crippen LogP) is 3.07. The molecule has 1 amide bonds. The lowest BCUT2D eigenvalue weighted by atomic mass is 9.82. The molecule has 0 spiro atoms. The minimum atomic E-state index is -0.905. The molecule has 2 rings (SSSR count). The molecule has 1 atom stereocenters. The van der Waals surface area contributed by atoms with Gasteiger partial charge in [-0.25, -0.2) is 4.79 Å². The standard InChI is InChI=1S/C18H29NO6/c1-12(24-17(22)15-5-3-2-4-6-15)25-18(23)19-11-13-7-9-14(10-8-13)16(20)21/h12-15H,2-11H2,1H3,(H,19,23)(H,20,21)/t12?,13-,14-. The van der Waals surface area contributed by atoms with E-state index in [4.69, 9.17) is 14.6 Å². The number of amides is 1. The predicted molar refractivity (Wildman–Crippen MR) is 89.7 cm³/mol. The van der Waals surface area contributed by atoms with Gasteiger partial charge in [-0.3, -0.25) is 9.59 Å². The maximum absolute atomic E-state index is 12.0. The van der Waals surface area contributed by atoms with E-state index < -0.39 is 18.4 Å². The monoisotopic (exact) mass is 355 g/mol. The molecule has 0 aromatic heterocycles. The van der Waals surface area contributed by atoms with Crippen molar-refractivity contribution >= 4 is 18.0 Å². The lowest BCUT2D eigenvalue weighted by molar-refractivity contribution is -0.171. The number of nitrogens with one attached hydrogen (secondary N) is 1. The number of esters is 1. The molecular formula is C18H29NO6. The first-order valence-corrected chi connectivity index (χ1v) is 9.33. The molecule has 2 N–H and O–H groups in total. The van der Waals surface area contributed by atoms with Gasteiger partial charge in [0.05, 0.1) is 11.8 Å². The van der Waals surface area contributed by atoms with Crippen molar-refractivity contribution in [2.45, 2.75) is 71.0 Å². The fourth-order valence-corrected chi connectivity index (χ4v) is 3.66. The van der Waals surface area contributed by atoms with Gasteiger partial charge in [-0.2, -0.15) is 0 Å². The molecule has 2 aliphatic carbocycles. The topological polar surface area (TPSA) is 102 Å². The van der Waals surface area contributed by atoms with Gasteiger partial charge in [-0.15, -0.1) is 0 Å². The zero-order chi connectivity index (χ0) is 18.2. The van der Waals surface area contributed by atoms with Crippen LogP contribution in [0, 0.1) is 17.8 Å². The van der Waals surface area contributed by atoms with E-state index in [-0.39, 0.29) is 23.7 Å². The third-order valence-electron chi connectivity index (χ3n) is 5.22. The van der Waals surface area contributed by atoms with Crippen molar-refractivity contribution in [2.75, 3.05) is 6.54 Å². The highest BCUT2D eigenvalue weighted by Gasteiger charge is 2.27. The quantitative estimate of drug-likeness (QED) is 0.561. The molecule has 7 heteroatoms. The van der Waals surface area contributed by atoms with Crippen LogP contribution in [0.25, 0.3) is 0 Å². The molecular weight excluding hydrogens is 326 g/mol. The molecule has 2 fully saturated rings. The Labute approximate surface area is 148 Å². The Morgan fingerprint density at radius 2 is 1.60 bits per heavy atom. The molecule has 0 bridgehead atoms. The van der Waals surface area contributed by atoms with Crippen molar-refractivity contribution in [3.05, 3.63) is 0 Å². The van der Waals surface area contributed by atoms with Gasteiger partial charge in [0.2, 0.25) is 6.29 Å². The summed E-state index contributed by atoms with van der Waals surface area (Å²) in [7, 11) is 0. The summed E-state index contributed by atoms with van der Waals surface area (Å²) in [5, 5.41) is 11.7. The second-order valence-corrected chi connectivity index (χ2v) is 7.18. The second kappa shape index (κ2) is 9.63. The van der Waals surface area contributed by atoms with E-state index in [9.17, 15) is 14.4 Å². The van der Waals surface area contributed by atoms with Crippen LogP contribution < -0.4 is 5.32 Å². The second-order valence-electron chi connectivity index (χ2n) is 7.18. The van der Waals surface area contributed by atoms with E-state index in [0.717, 1.165) is 44.9 Å². The van der Waals surface area contributed by atoms with E-state index in [0.29, 0.717) is 19.4 Å². The summed E-state index contributed by atoms with van der Waals surface area (Å²) >= 11 is 0. The third-order valence-corrected chi connectivity index (χ3v) is 5.22. The Hall–Kier alpha value is -1.79. The van der Waals surface area contributed by atoms with Crippen LogP contribution in [-0.4, -0.2) is 36.0 Å². The number of carboxylic acid groups (broad SMARTS) is 1. The van der Waals surface area contributed by atoms with Gasteiger partial charge in [-0.05, 0) is 44.4 Å². The van der Waals surface area contributed by atoms with Gasteiger partial charge in [0.1, 0.15) is 0 Å². The smallest absolute Gasteiger partial charge is 0.410 e. The lowest BCUT2D eigenvalue weighted by Crippen LogP contribution is -2.35. The SMILES string of the molecule is CC(OC(=O)NC[C@H]1CC[C@H](C(=O)O)CC1)OC(=O)C1CCCCC1. The first-order valence-electron chi connectivity index (χ1n) is 9.33. The van der Waals surface area contributed by atoms with Gasteiger partial charge in [0.25, 0.3) is 0 Å². The van der Waals surface area contributed by atoms with Gasteiger partial charge in [0.15, 0.2) is 0 Å². The minimum Gasteiger partial charge on any atom is -0.481 e. The highest BCUT2D eigenvalue weighted by molar-refractivity contribution is 5.73. The summed E-state index contributed by atoms with van der Waals surface area (Å²) < 4.78 is 10.3. The molecule has 7 nitrogen and oxygen atoms in total. The molecule has 2 saturated carbocycles.